The van der Waals surface area contributed by atoms with Gasteiger partial charge in [0.15, 0.2) is 0 Å². The van der Waals surface area contributed by atoms with E-state index in [9.17, 15) is 5.26 Å². The first-order chi connectivity index (χ1) is 19.8. The molecule has 8 rings (SSSR count). The highest BCUT2D eigenvalue weighted by Crippen LogP contribution is 2.40. The van der Waals surface area contributed by atoms with Crippen molar-refractivity contribution in [2.45, 2.75) is 0 Å². The maximum Gasteiger partial charge on any atom is 0.0992 e. The largest absolute Gasteiger partial charge is 0.309 e. The van der Waals surface area contributed by atoms with Crippen LogP contribution in [0.5, 0.6) is 0 Å². The van der Waals surface area contributed by atoms with Crippen LogP contribution >= 0.6 is 0 Å². The van der Waals surface area contributed by atoms with Gasteiger partial charge in [0, 0.05) is 32.7 Å². The van der Waals surface area contributed by atoms with Crippen LogP contribution < -0.4 is 0 Å². The molecule has 0 bridgehead atoms. The number of aromatic nitrogens is 2. The Morgan fingerprint density at radius 1 is 0.400 bits per heavy atom. The molecule has 0 atom stereocenters. The second-order valence-corrected chi connectivity index (χ2v) is 10.1. The zero-order chi connectivity index (χ0) is 26.6. The van der Waals surface area contributed by atoms with Gasteiger partial charge in [-0.25, -0.2) is 0 Å². The number of fused-ring (bicyclic) bond motifs is 6. The van der Waals surface area contributed by atoms with E-state index in [1.165, 1.54) is 32.6 Å². The first kappa shape index (κ1) is 22.4. The van der Waals surface area contributed by atoms with Crippen molar-refractivity contribution in [1.29, 1.82) is 5.26 Å². The molecule has 0 aliphatic rings. The summed E-state index contributed by atoms with van der Waals surface area (Å²) in [5, 5.41) is 14.8. The molecule has 3 heteroatoms. The third-order valence-corrected chi connectivity index (χ3v) is 7.96. The van der Waals surface area contributed by atoms with Gasteiger partial charge in [-0.2, -0.15) is 5.26 Å². The normalized spacial score (nSPS) is 11.5. The number of hydrogen-bond donors (Lipinski definition) is 0. The molecule has 0 aliphatic carbocycles. The van der Waals surface area contributed by atoms with Crippen molar-refractivity contribution in [2.24, 2.45) is 0 Å². The molecule has 0 saturated heterocycles. The summed E-state index contributed by atoms with van der Waals surface area (Å²) in [7, 11) is 0. The van der Waals surface area contributed by atoms with Gasteiger partial charge in [0.1, 0.15) is 0 Å². The molecule has 0 spiro atoms. The van der Waals surface area contributed by atoms with Crippen molar-refractivity contribution in [2.75, 3.05) is 0 Å². The average molecular weight is 510 g/mol. The van der Waals surface area contributed by atoms with Crippen molar-refractivity contribution < 1.29 is 0 Å². The summed E-state index contributed by atoms with van der Waals surface area (Å²) >= 11 is 0. The van der Waals surface area contributed by atoms with Gasteiger partial charge in [-0.3, -0.25) is 0 Å². The highest BCUT2D eigenvalue weighted by atomic mass is 15.0. The molecule has 0 N–H and O–H groups in total. The fourth-order valence-electron chi connectivity index (χ4n) is 6.27. The number of benzene rings is 6. The smallest absolute Gasteiger partial charge is 0.0992 e. The maximum atomic E-state index is 9.93. The van der Waals surface area contributed by atoms with Gasteiger partial charge in [0.05, 0.1) is 45.1 Å². The molecule has 186 valence electrons. The van der Waals surface area contributed by atoms with Gasteiger partial charge in [-0.1, -0.05) is 97.1 Å². The molecule has 40 heavy (non-hydrogen) atoms. The molecule has 0 radical (unpaired) electrons. The lowest BCUT2D eigenvalue weighted by Gasteiger charge is -2.18. The highest BCUT2D eigenvalue weighted by molar-refractivity contribution is 6.11. The fourth-order valence-corrected chi connectivity index (χ4v) is 6.27. The number of hydrogen-bond acceptors (Lipinski definition) is 1. The zero-order valence-electron chi connectivity index (χ0n) is 21.6. The first-order valence-electron chi connectivity index (χ1n) is 13.4. The monoisotopic (exact) mass is 509 g/mol. The Morgan fingerprint density at radius 3 is 1.30 bits per heavy atom. The standard InChI is InChI=1S/C37H23N3/c38-24-25-21-22-31(37(23-25)40-35-19-9-3-13-28(35)29-14-4-10-20-36(29)40)30-15-5-8-18-34(30)39-32-16-6-1-11-26(32)27-12-2-7-17-33(27)39/h1-23H. The summed E-state index contributed by atoms with van der Waals surface area (Å²) in [6.45, 7) is 0. The Morgan fingerprint density at radius 2 is 0.800 bits per heavy atom. The highest BCUT2D eigenvalue weighted by Gasteiger charge is 2.20. The van der Waals surface area contributed by atoms with Crippen molar-refractivity contribution in [3.05, 3.63) is 145 Å². The molecule has 0 fully saturated rings. The lowest BCUT2D eigenvalue weighted by Crippen LogP contribution is -2.02. The van der Waals surface area contributed by atoms with E-state index in [4.69, 9.17) is 0 Å². The minimum Gasteiger partial charge on any atom is -0.309 e. The van der Waals surface area contributed by atoms with Crippen LogP contribution in [0.1, 0.15) is 5.56 Å². The molecular formula is C37H23N3. The van der Waals surface area contributed by atoms with Gasteiger partial charge in [0.2, 0.25) is 0 Å². The predicted octanol–water partition coefficient (Wildman–Crippen LogP) is 9.42. The van der Waals surface area contributed by atoms with Crippen LogP contribution in [0.2, 0.25) is 0 Å². The Labute approximate surface area is 231 Å². The van der Waals surface area contributed by atoms with Gasteiger partial charge in [0.25, 0.3) is 0 Å². The molecule has 2 heterocycles. The summed E-state index contributed by atoms with van der Waals surface area (Å²) in [4.78, 5) is 0. The Hall–Kier alpha value is -5.59. The lowest BCUT2D eigenvalue weighted by atomic mass is 9.99. The molecule has 6 aromatic carbocycles. The van der Waals surface area contributed by atoms with Gasteiger partial charge in [-0.05, 0) is 42.5 Å². The van der Waals surface area contributed by atoms with Crippen LogP contribution in [0.25, 0.3) is 66.1 Å². The van der Waals surface area contributed by atoms with E-state index in [0.717, 1.165) is 33.5 Å². The minimum atomic E-state index is 0.634. The van der Waals surface area contributed by atoms with Gasteiger partial charge < -0.3 is 9.13 Å². The molecule has 0 amide bonds. The number of para-hydroxylation sites is 5. The van der Waals surface area contributed by atoms with E-state index in [2.05, 4.69) is 143 Å². The van der Waals surface area contributed by atoms with Crippen LogP contribution in [0, 0.1) is 11.3 Å². The Kier molecular flexibility index (Phi) is 4.89. The first-order valence-corrected chi connectivity index (χ1v) is 13.4. The number of nitrogens with zero attached hydrogens (tertiary/aromatic N) is 3. The van der Waals surface area contributed by atoms with Gasteiger partial charge in [-0.15, -0.1) is 0 Å². The van der Waals surface area contributed by atoms with E-state index in [0.29, 0.717) is 5.56 Å². The molecule has 8 aromatic rings. The second-order valence-electron chi connectivity index (χ2n) is 10.1. The number of rotatable bonds is 3. The van der Waals surface area contributed by atoms with Gasteiger partial charge >= 0.3 is 0 Å². The van der Waals surface area contributed by atoms with Crippen LogP contribution in [0.4, 0.5) is 0 Å². The second kappa shape index (κ2) is 8.73. The van der Waals surface area contributed by atoms with E-state index >= 15 is 0 Å². The zero-order valence-corrected chi connectivity index (χ0v) is 21.6. The van der Waals surface area contributed by atoms with E-state index in [1.54, 1.807) is 0 Å². The summed E-state index contributed by atoms with van der Waals surface area (Å²) < 4.78 is 4.68. The maximum absolute atomic E-state index is 9.93. The average Bonchev–Trinajstić information content (AvgIpc) is 3.54. The molecule has 2 aromatic heterocycles. The third-order valence-electron chi connectivity index (χ3n) is 7.96. The van der Waals surface area contributed by atoms with Crippen molar-refractivity contribution >= 4 is 43.6 Å². The topological polar surface area (TPSA) is 33.6 Å². The van der Waals surface area contributed by atoms with Crippen LogP contribution in [-0.2, 0) is 0 Å². The Balaban J connectivity index is 1.49. The predicted molar refractivity (Wildman–Crippen MR) is 165 cm³/mol. The molecule has 0 aliphatic heterocycles. The minimum absolute atomic E-state index is 0.634. The lowest BCUT2D eigenvalue weighted by molar-refractivity contribution is 1.16. The van der Waals surface area contributed by atoms with Crippen molar-refractivity contribution in [3.63, 3.8) is 0 Å². The van der Waals surface area contributed by atoms with Crippen molar-refractivity contribution in [3.8, 4) is 28.6 Å². The number of nitriles is 1. The molecule has 0 saturated carbocycles. The molecular weight excluding hydrogens is 486 g/mol. The van der Waals surface area contributed by atoms with Crippen LogP contribution in [0.15, 0.2) is 140 Å². The van der Waals surface area contributed by atoms with Crippen LogP contribution in [-0.4, -0.2) is 9.13 Å². The fraction of sp³-hybridized carbons (Fsp3) is 0. The summed E-state index contributed by atoms with van der Waals surface area (Å²) in [6.07, 6.45) is 0. The Bertz CT molecular complexity index is 2180. The molecule has 0 unspecified atom stereocenters. The summed E-state index contributed by atoms with van der Waals surface area (Å²) in [5.41, 5.74) is 9.49. The SMILES string of the molecule is N#Cc1ccc(-c2ccccc2-n2c3ccccc3c3ccccc32)c(-n2c3ccccc3c3ccccc32)c1. The van der Waals surface area contributed by atoms with E-state index in [1.807, 2.05) is 12.1 Å². The van der Waals surface area contributed by atoms with Crippen molar-refractivity contribution in [1.82, 2.24) is 9.13 Å². The van der Waals surface area contributed by atoms with E-state index in [-0.39, 0.29) is 0 Å². The van der Waals surface area contributed by atoms with E-state index < -0.39 is 0 Å². The molecule has 3 nitrogen and oxygen atoms in total. The summed E-state index contributed by atoms with van der Waals surface area (Å²) in [6, 6.07) is 51.2. The quantitative estimate of drug-likeness (QED) is 0.233. The van der Waals surface area contributed by atoms with Crippen LogP contribution in [0.3, 0.4) is 0 Å². The third kappa shape index (κ3) is 3.17. The summed E-state index contributed by atoms with van der Waals surface area (Å²) in [5.74, 6) is 0.